The second-order valence-electron chi connectivity index (χ2n) is 11.2. The summed E-state index contributed by atoms with van der Waals surface area (Å²) in [4.78, 5) is 22.6. The quantitative estimate of drug-likeness (QED) is 0.178. The first kappa shape index (κ1) is 32.6. The lowest BCUT2D eigenvalue weighted by Gasteiger charge is -2.30. The Bertz CT molecular complexity index is 1690. The van der Waals surface area contributed by atoms with Gasteiger partial charge in [0.1, 0.15) is 23.9 Å². The van der Waals surface area contributed by atoms with Gasteiger partial charge in [-0.15, -0.1) is 0 Å². The first-order chi connectivity index (χ1) is 22.1. The maximum atomic E-state index is 14.0. The van der Waals surface area contributed by atoms with E-state index in [1.165, 1.54) is 19.2 Å². The standard InChI is InChI=1S/C35H36F3N3O5/c1-4-17-45-32-19-24(27-9-8-26(44-3)20-29(27)35(36,37)38)6-7-25(32)21-46-31-10-5-22(2)18-28(31)30-11-14-39-34(40-30)41-15-12-23(13-16-41)33(42)43/h5-11,14,18-20,23H,4,12-13,15-17,21H2,1-3H3,(H,42,43). The Hall–Kier alpha value is -4.80. The fourth-order valence-corrected chi connectivity index (χ4v) is 5.43. The van der Waals surface area contributed by atoms with E-state index in [0.717, 1.165) is 17.2 Å². The van der Waals surface area contributed by atoms with Crippen LogP contribution in [0, 0.1) is 12.8 Å². The molecule has 0 aliphatic carbocycles. The molecule has 8 nitrogen and oxygen atoms in total. The SMILES string of the molecule is CCCOc1cc(-c2ccc(OC)cc2C(F)(F)F)ccc1COc1ccc(C)cc1-c1ccnc(N2CCC(C(=O)O)CC2)n1. The van der Waals surface area contributed by atoms with Crippen molar-refractivity contribution in [1.82, 2.24) is 9.97 Å². The van der Waals surface area contributed by atoms with E-state index in [9.17, 15) is 23.1 Å². The predicted molar refractivity (Wildman–Crippen MR) is 168 cm³/mol. The van der Waals surface area contributed by atoms with Gasteiger partial charge in [-0.05, 0) is 73.7 Å². The summed E-state index contributed by atoms with van der Waals surface area (Å²) in [5, 5.41) is 9.34. The van der Waals surface area contributed by atoms with Crippen LogP contribution < -0.4 is 19.1 Å². The van der Waals surface area contributed by atoms with Crippen molar-refractivity contribution in [2.24, 2.45) is 5.92 Å². The number of hydrogen-bond donors (Lipinski definition) is 1. The third-order valence-corrected chi connectivity index (χ3v) is 7.94. The molecule has 0 saturated carbocycles. The number of carboxylic acids is 1. The van der Waals surface area contributed by atoms with Crippen molar-refractivity contribution < 1.29 is 37.3 Å². The summed E-state index contributed by atoms with van der Waals surface area (Å²) in [5.41, 5.74) is 2.68. The zero-order valence-corrected chi connectivity index (χ0v) is 25.9. The predicted octanol–water partition coefficient (Wildman–Crippen LogP) is 7.82. The van der Waals surface area contributed by atoms with Crippen molar-refractivity contribution in [3.05, 3.63) is 83.6 Å². The van der Waals surface area contributed by atoms with Gasteiger partial charge in [0, 0.05) is 30.4 Å². The summed E-state index contributed by atoms with van der Waals surface area (Å²) >= 11 is 0. The number of methoxy groups -OCH3 is 1. The molecule has 0 unspecified atom stereocenters. The van der Waals surface area contributed by atoms with Gasteiger partial charge < -0.3 is 24.2 Å². The largest absolute Gasteiger partial charge is 0.497 e. The molecule has 5 rings (SSSR count). The van der Waals surface area contributed by atoms with Gasteiger partial charge in [0.15, 0.2) is 0 Å². The van der Waals surface area contributed by atoms with Crippen LogP contribution in [0.15, 0.2) is 66.9 Å². The van der Waals surface area contributed by atoms with Gasteiger partial charge >= 0.3 is 12.1 Å². The number of aliphatic carboxylic acids is 1. The molecule has 3 aromatic carbocycles. The van der Waals surface area contributed by atoms with Gasteiger partial charge in [-0.25, -0.2) is 9.97 Å². The molecule has 4 aromatic rings. The van der Waals surface area contributed by atoms with Crippen molar-refractivity contribution in [3.63, 3.8) is 0 Å². The van der Waals surface area contributed by atoms with Crippen LogP contribution in [0.3, 0.4) is 0 Å². The number of halogens is 3. The van der Waals surface area contributed by atoms with E-state index in [1.54, 1.807) is 30.5 Å². The van der Waals surface area contributed by atoms with E-state index >= 15 is 0 Å². The molecule has 1 fully saturated rings. The Morgan fingerprint density at radius 1 is 0.978 bits per heavy atom. The van der Waals surface area contributed by atoms with Crippen LogP contribution in [0.5, 0.6) is 17.2 Å². The normalized spacial score (nSPS) is 13.8. The van der Waals surface area contributed by atoms with Crippen LogP contribution in [-0.4, -0.2) is 47.8 Å². The number of anilines is 1. The molecular weight excluding hydrogens is 599 g/mol. The van der Waals surface area contributed by atoms with Gasteiger partial charge in [-0.3, -0.25) is 4.79 Å². The van der Waals surface area contributed by atoms with Crippen molar-refractivity contribution in [2.45, 2.75) is 45.9 Å². The molecule has 0 atom stereocenters. The number of carboxylic acid groups (broad SMARTS) is 1. The van der Waals surface area contributed by atoms with E-state index in [0.29, 0.717) is 73.2 Å². The average molecular weight is 636 g/mol. The van der Waals surface area contributed by atoms with Gasteiger partial charge in [0.25, 0.3) is 0 Å². The number of aryl methyl sites for hydroxylation is 1. The van der Waals surface area contributed by atoms with Crippen molar-refractivity contribution in [2.75, 3.05) is 31.7 Å². The van der Waals surface area contributed by atoms with E-state index in [1.807, 2.05) is 36.9 Å². The molecular formula is C35H36F3N3O5. The van der Waals surface area contributed by atoms with E-state index < -0.39 is 17.7 Å². The summed E-state index contributed by atoms with van der Waals surface area (Å²) in [6, 6.07) is 16.4. The highest BCUT2D eigenvalue weighted by atomic mass is 19.4. The molecule has 46 heavy (non-hydrogen) atoms. The lowest BCUT2D eigenvalue weighted by Crippen LogP contribution is -2.37. The number of hydrogen-bond acceptors (Lipinski definition) is 7. The molecule has 1 saturated heterocycles. The Kier molecular flexibility index (Phi) is 9.99. The van der Waals surface area contributed by atoms with Crippen LogP contribution in [0.2, 0.25) is 0 Å². The van der Waals surface area contributed by atoms with Gasteiger partial charge in [0.05, 0.1) is 30.9 Å². The molecule has 1 aromatic heterocycles. The second-order valence-corrected chi connectivity index (χ2v) is 11.2. The second kappa shape index (κ2) is 14.1. The number of alkyl halides is 3. The Morgan fingerprint density at radius 3 is 2.46 bits per heavy atom. The minimum Gasteiger partial charge on any atom is -0.497 e. The van der Waals surface area contributed by atoms with E-state index in [4.69, 9.17) is 19.2 Å². The van der Waals surface area contributed by atoms with E-state index in [-0.39, 0.29) is 23.8 Å². The fourth-order valence-electron chi connectivity index (χ4n) is 5.43. The Balaban J connectivity index is 1.42. The van der Waals surface area contributed by atoms with E-state index in [2.05, 4.69) is 4.98 Å². The van der Waals surface area contributed by atoms with Gasteiger partial charge in [-0.2, -0.15) is 13.2 Å². The fraction of sp³-hybridized carbons (Fsp3) is 0.343. The summed E-state index contributed by atoms with van der Waals surface area (Å²) in [6.45, 7) is 5.51. The summed E-state index contributed by atoms with van der Waals surface area (Å²) in [6.07, 6.45) is -1.13. The maximum absolute atomic E-state index is 14.0. The van der Waals surface area contributed by atoms with Crippen LogP contribution in [0.1, 0.15) is 42.9 Å². The molecule has 0 radical (unpaired) electrons. The van der Waals surface area contributed by atoms with Crippen LogP contribution in [-0.2, 0) is 17.6 Å². The number of piperidine rings is 1. The smallest absolute Gasteiger partial charge is 0.417 e. The highest BCUT2D eigenvalue weighted by Gasteiger charge is 2.34. The number of ether oxygens (including phenoxy) is 3. The van der Waals surface area contributed by atoms with Crippen LogP contribution in [0.4, 0.5) is 19.1 Å². The molecule has 0 spiro atoms. The molecule has 0 amide bonds. The number of rotatable bonds is 11. The molecule has 1 aliphatic heterocycles. The highest BCUT2D eigenvalue weighted by molar-refractivity contribution is 5.72. The van der Waals surface area contributed by atoms with Gasteiger partial charge in [-0.1, -0.05) is 36.8 Å². The van der Waals surface area contributed by atoms with Crippen molar-refractivity contribution >= 4 is 11.9 Å². The molecule has 242 valence electrons. The third kappa shape index (κ3) is 7.52. The molecule has 11 heteroatoms. The maximum Gasteiger partial charge on any atom is 0.417 e. The molecule has 1 aliphatic rings. The third-order valence-electron chi connectivity index (χ3n) is 7.94. The van der Waals surface area contributed by atoms with Crippen molar-refractivity contribution in [1.29, 1.82) is 0 Å². The summed E-state index contributed by atoms with van der Waals surface area (Å²) in [7, 11) is 1.33. The first-order valence-corrected chi connectivity index (χ1v) is 15.1. The number of benzene rings is 3. The summed E-state index contributed by atoms with van der Waals surface area (Å²) < 4.78 is 59.3. The summed E-state index contributed by atoms with van der Waals surface area (Å²) in [5.74, 6) is 0.512. The molecule has 1 N–H and O–H groups in total. The van der Waals surface area contributed by atoms with Crippen molar-refractivity contribution in [3.8, 4) is 39.6 Å². The highest BCUT2D eigenvalue weighted by Crippen LogP contribution is 2.41. The Labute approximate surface area is 265 Å². The number of nitrogens with zero attached hydrogens (tertiary/aromatic N) is 3. The van der Waals surface area contributed by atoms with Gasteiger partial charge in [0.2, 0.25) is 5.95 Å². The minimum absolute atomic E-state index is 0.0229. The zero-order valence-electron chi connectivity index (χ0n) is 25.9. The Morgan fingerprint density at radius 2 is 1.76 bits per heavy atom. The first-order valence-electron chi connectivity index (χ1n) is 15.1. The average Bonchev–Trinajstić information content (AvgIpc) is 3.06. The number of aromatic nitrogens is 2. The zero-order chi connectivity index (χ0) is 32.8. The van der Waals surface area contributed by atoms with Crippen LogP contribution >= 0.6 is 0 Å². The lowest BCUT2D eigenvalue weighted by atomic mass is 9.97. The number of carbonyl (C=O) groups is 1. The van der Waals surface area contributed by atoms with Crippen LogP contribution in [0.25, 0.3) is 22.4 Å². The molecule has 2 heterocycles. The molecule has 0 bridgehead atoms. The minimum atomic E-state index is -4.58. The monoisotopic (exact) mass is 635 g/mol. The lowest BCUT2D eigenvalue weighted by molar-refractivity contribution is -0.142. The topological polar surface area (TPSA) is 94.0 Å².